The van der Waals surface area contributed by atoms with Gasteiger partial charge in [-0.15, -0.1) is 0 Å². The highest BCUT2D eigenvalue weighted by Gasteiger charge is 2.21. The number of nitrogens with zero attached hydrogens (tertiary/aromatic N) is 1. The molecule has 170 valence electrons. The summed E-state index contributed by atoms with van der Waals surface area (Å²) in [6, 6.07) is 10.7. The number of methoxy groups -OCH3 is 2. The van der Waals surface area contributed by atoms with Crippen molar-refractivity contribution < 1.29 is 23.4 Å². The van der Waals surface area contributed by atoms with Crippen molar-refractivity contribution in [1.82, 2.24) is 4.90 Å². The summed E-state index contributed by atoms with van der Waals surface area (Å²) in [6.45, 7) is 7.35. The molecule has 7 nitrogen and oxygen atoms in total. The van der Waals surface area contributed by atoms with Crippen LogP contribution in [0.5, 0.6) is 17.2 Å². The molecule has 0 radical (unpaired) electrons. The summed E-state index contributed by atoms with van der Waals surface area (Å²) < 4.78 is 28.1. The highest BCUT2D eigenvalue weighted by atomic mass is 16.5. The number of ether oxygens (including phenoxy) is 4. The Morgan fingerprint density at radius 2 is 1.75 bits per heavy atom. The van der Waals surface area contributed by atoms with E-state index < -0.39 is 0 Å². The van der Waals surface area contributed by atoms with Gasteiger partial charge in [-0.2, -0.15) is 0 Å². The molecule has 1 saturated heterocycles. The van der Waals surface area contributed by atoms with E-state index >= 15 is 0 Å². The SMILES string of the molecule is COc1ccc(-c2coc3cc(OCCN4CC(C)OC(C)C4)ccc3c2=O)cc1OC. The minimum atomic E-state index is -0.110. The molecule has 7 heteroatoms. The Kier molecular flexibility index (Phi) is 6.67. The van der Waals surface area contributed by atoms with Gasteiger partial charge < -0.3 is 23.4 Å². The summed E-state index contributed by atoms with van der Waals surface area (Å²) in [4.78, 5) is 15.4. The van der Waals surface area contributed by atoms with Crippen LogP contribution in [0, 0.1) is 0 Å². The average molecular weight is 440 g/mol. The summed E-state index contributed by atoms with van der Waals surface area (Å²) in [5.41, 5.74) is 1.54. The predicted molar refractivity (Wildman–Crippen MR) is 123 cm³/mol. The van der Waals surface area contributed by atoms with Gasteiger partial charge in [0.25, 0.3) is 0 Å². The van der Waals surface area contributed by atoms with Crippen LogP contribution in [0.15, 0.2) is 51.9 Å². The Labute approximate surface area is 187 Å². The van der Waals surface area contributed by atoms with Crippen LogP contribution in [0.2, 0.25) is 0 Å². The van der Waals surface area contributed by atoms with E-state index in [-0.39, 0.29) is 17.6 Å². The maximum Gasteiger partial charge on any atom is 0.200 e. The molecule has 0 saturated carbocycles. The summed E-state index contributed by atoms with van der Waals surface area (Å²) >= 11 is 0. The molecule has 0 aliphatic carbocycles. The number of hydrogen-bond acceptors (Lipinski definition) is 7. The smallest absolute Gasteiger partial charge is 0.200 e. The quantitative estimate of drug-likeness (QED) is 0.552. The van der Waals surface area contributed by atoms with Crippen LogP contribution in [0.4, 0.5) is 0 Å². The molecule has 4 rings (SSSR count). The predicted octanol–water partition coefficient (Wildman–Crippen LogP) is 3.97. The van der Waals surface area contributed by atoms with E-state index in [1.54, 1.807) is 38.5 Å². The Balaban J connectivity index is 1.49. The summed E-state index contributed by atoms with van der Waals surface area (Å²) in [6.07, 6.45) is 1.94. The molecular formula is C25H29NO6. The molecule has 0 bridgehead atoms. The zero-order chi connectivity index (χ0) is 22.7. The van der Waals surface area contributed by atoms with E-state index in [4.69, 9.17) is 23.4 Å². The maximum atomic E-state index is 13.1. The fourth-order valence-electron chi connectivity index (χ4n) is 4.16. The van der Waals surface area contributed by atoms with Crippen LogP contribution in [-0.4, -0.2) is 57.6 Å². The standard InChI is InChI=1S/C25H29NO6/c1-16-13-26(14-17(2)32-16)9-10-30-19-6-7-20-23(12-19)31-15-21(25(20)27)18-5-8-22(28-3)24(11-18)29-4/h5-8,11-12,15-17H,9-10,13-14H2,1-4H3. The average Bonchev–Trinajstić information content (AvgIpc) is 2.78. The first-order chi connectivity index (χ1) is 15.5. The van der Waals surface area contributed by atoms with Crippen LogP contribution in [-0.2, 0) is 4.74 Å². The van der Waals surface area contributed by atoms with Crippen molar-refractivity contribution in [3.8, 4) is 28.4 Å². The molecule has 2 atom stereocenters. The number of hydrogen-bond donors (Lipinski definition) is 0. The Hall–Kier alpha value is -3.03. The van der Waals surface area contributed by atoms with Crippen molar-refractivity contribution in [2.24, 2.45) is 0 Å². The monoisotopic (exact) mass is 439 g/mol. The molecule has 1 aromatic heterocycles. The molecule has 1 fully saturated rings. The summed E-state index contributed by atoms with van der Waals surface area (Å²) in [7, 11) is 3.13. The molecule has 2 heterocycles. The van der Waals surface area contributed by atoms with Crippen molar-refractivity contribution in [1.29, 1.82) is 0 Å². The van der Waals surface area contributed by atoms with E-state index in [9.17, 15) is 4.79 Å². The number of benzene rings is 2. The molecule has 1 aliphatic heterocycles. The normalized spacial score (nSPS) is 19.1. The van der Waals surface area contributed by atoms with Crippen molar-refractivity contribution in [3.63, 3.8) is 0 Å². The number of fused-ring (bicyclic) bond motifs is 1. The van der Waals surface area contributed by atoms with E-state index in [0.717, 1.165) is 19.6 Å². The fourth-order valence-corrected chi connectivity index (χ4v) is 4.16. The molecular weight excluding hydrogens is 410 g/mol. The van der Waals surface area contributed by atoms with Crippen molar-refractivity contribution in [2.45, 2.75) is 26.1 Å². The Morgan fingerprint density at radius 3 is 2.47 bits per heavy atom. The van der Waals surface area contributed by atoms with E-state index in [2.05, 4.69) is 18.7 Å². The summed E-state index contributed by atoms with van der Waals surface area (Å²) in [5.74, 6) is 1.83. The second-order valence-electron chi connectivity index (χ2n) is 8.07. The molecule has 3 aromatic rings. The topological polar surface area (TPSA) is 70.4 Å². The second kappa shape index (κ2) is 9.63. The van der Waals surface area contributed by atoms with Crippen molar-refractivity contribution >= 4 is 11.0 Å². The largest absolute Gasteiger partial charge is 0.493 e. The first-order valence-corrected chi connectivity index (χ1v) is 10.8. The van der Waals surface area contributed by atoms with Crippen LogP contribution in [0.1, 0.15) is 13.8 Å². The molecule has 2 unspecified atom stereocenters. The Morgan fingerprint density at radius 1 is 1.00 bits per heavy atom. The summed E-state index contributed by atoms with van der Waals surface area (Å²) in [5, 5.41) is 0.500. The van der Waals surface area contributed by atoms with Gasteiger partial charge in [0.2, 0.25) is 0 Å². The minimum absolute atomic E-state index is 0.110. The van der Waals surface area contributed by atoms with Gasteiger partial charge in [-0.3, -0.25) is 9.69 Å². The van der Waals surface area contributed by atoms with Crippen LogP contribution >= 0.6 is 0 Å². The highest BCUT2D eigenvalue weighted by molar-refractivity contribution is 5.83. The van der Waals surface area contributed by atoms with Crippen LogP contribution < -0.4 is 19.6 Å². The van der Waals surface area contributed by atoms with Gasteiger partial charge >= 0.3 is 0 Å². The van der Waals surface area contributed by atoms with Gasteiger partial charge in [0.15, 0.2) is 16.9 Å². The van der Waals surface area contributed by atoms with Gasteiger partial charge in [0.05, 0.1) is 37.4 Å². The fraction of sp³-hybridized carbons (Fsp3) is 0.400. The second-order valence-corrected chi connectivity index (χ2v) is 8.07. The van der Waals surface area contributed by atoms with Crippen molar-refractivity contribution in [2.75, 3.05) is 40.5 Å². The van der Waals surface area contributed by atoms with Crippen molar-refractivity contribution in [3.05, 3.63) is 52.9 Å². The lowest BCUT2D eigenvalue weighted by molar-refractivity contribution is -0.0699. The highest BCUT2D eigenvalue weighted by Crippen LogP contribution is 2.32. The lowest BCUT2D eigenvalue weighted by atomic mass is 10.0. The minimum Gasteiger partial charge on any atom is -0.493 e. The molecule has 1 aliphatic rings. The van der Waals surface area contributed by atoms with E-state index in [1.165, 1.54) is 6.26 Å². The van der Waals surface area contributed by atoms with E-state index in [0.29, 0.717) is 46.0 Å². The molecule has 2 aromatic carbocycles. The number of rotatable bonds is 7. The van der Waals surface area contributed by atoms with Gasteiger partial charge in [0, 0.05) is 25.7 Å². The lowest BCUT2D eigenvalue weighted by Gasteiger charge is -2.35. The molecule has 0 amide bonds. The lowest BCUT2D eigenvalue weighted by Crippen LogP contribution is -2.46. The zero-order valence-electron chi connectivity index (χ0n) is 18.9. The molecule has 0 N–H and O–H groups in total. The van der Waals surface area contributed by atoms with Gasteiger partial charge in [-0.25, -0.2) is 0 Å². The van der Waals surface area contributed by atoms with Gasteiger partial charge in [0.1, 0.15) is 24.2 Å². The zero-order valence-corrected chi connectivity index (χ0v) is 18.9. The third-order valence-corrected chi connectivity index (χ3v) is 5.61. The first kappa shape index (κ1) is 22.2. The third kappa shape index (κ3) is 4.74. The third-order valence-electron chi connectivity index (χ3n) is 5.61. The van der Waals surface area contributed by atoms with Crippen LogP contribution in [0.25, 0.3) is 22.1 Å². The van der Waals surface area contributed by atoms with Crippen LogP contribution in [0.3, 0.4) is 0 Å². The molecule has 32 heavy (non-hydrogen) atoms. The molecule has 0 spiro atoms. The first-order valence-electron chi connectivity index (χ1n) is 10.8. The van der Waals surface area contributed by atoms with Gasteiger partial charge in [-0.1, -0.05) is 6.07 Å². The maximum absolute atomic E-state index is 13.1. The Bertz CT molecular complexity index is 1130. The van der Waals surface area contributed by atoms with Gasteiger partial charge in [-0.05, 0) is 43.7 Å². The van der Waals surface area contributed by atoms with E-state index in [1.807, 2.05) is 12.1 Å². The number of morpholine rings is 1.